The van der Waals surface area contributed by atoms with Gasteiger partial charge in [-0.1, -0.05) is 36.8 Å². The Labute approximate surface area is 174 Å². The fourth-order valence-electron chi connectivity index (χ4n) is 2.97. The quantitative estimate of drug-likeness (QED) is 0.476. The molecule has 0 saturated carbocycles. The SMILES string of the molecule is O=C(CCCCCNC(=O)c1ccccc1)Nc1cccc(-c2ccc(=O)[nH]n2)c1. The van der Waals surface area contributed by atoms with Gasteiger partial charge in [0.05, 0.1) is 5.69 Å². The smallest absolute Gasteiger partial charge is 0.264 e. The number of hydrogen-bond acceptors (Lipinski definition) is 4. The lowest BCUT2D eigenvalue weighted by atomic mass is 10.1. The largest absolute Gasteiger partial charge is 0.352 e. The van der Waals surface area contributed by atoms with E-state index in [4.69, 9.17) is 0 Å². The second kappa shape index (κ2) is 10.7. The Hall–Kier alpha value is -3.74. The summed E-state index contributed by atoms with van der Waals surface area (Å²) in [6, 6.07) is 19.5. The van der Waals surface area contributed by atoms with Gasteiger partial charge in [0, 0.05) is 35.8 Å². The molecule has 2 amide bonds. The minimum absolute atomic E-state index is 0.0603. The van der Waals surface area contributed by atoms with E-state index in [1.807, 2.05) is 42.5 Å². The lowest BCUT2D eigenvalue weighted by Crippen LogP contribution is -2.24. The van der Waals surface area contributed by atoms with Crippen LogP contribution in [0.2, 0.25) is 0 Å². The van der Waals surface area contributed by atoms with E-state index in [0.717, 1.165) is 24.8 Å². The van der Waals surface area contributed by atoms with Gasteiger partial charge in [-0.3, -0.25) is 14.4 Å². The van der Waals surface area contributed by atoms with E-state index in [1.165, 1.54) is 6.07 Å². The Morgan fingerprint density at radius 1 is 0.900 bits per heavy atom. The van der Waals surface area contributed by atoms with Crippen LogP contribution in [0.3, 0.4) is 0 Å². The molecule has 0 unspecified atom stereocenters. The number of aromatic nitrogens is 2. The third kappa shape index (κ3) is 6.41. The zero-order valence-electron chi connectivity index (χ0n) is 16.6. The standard InChI is InChI=1S/C23H24N4O3/c28-21(12-5-2-6-15-24-23(30)17-8-3-1-4-9-17)25-19-11-7-10-18(16-19)20-13-14-22(29)27-26-20/h1,3-4,7-11,13-14,16H,2,5-6,12,15H2,(H,24,30)(H,25,28)(H,27,29). The van der Waals surface area contributed by atoms with E-state index in [1.54, 1.807) is 18.2 Å². The second-order valence-corrected chi connectivity index (χ2v) is 6.87. The lowest BCUT2D eigenvalue weighted by Gasteiger charge is -2.08. The Balaban J connectivity index is 1.37. The molecular weight excluding hydrogens is 380 g/mol. The van der Waals surface area contributed by atoms with Crippen LogP contribution in [0.15, 0.2) is 71.5 Å². The predicted molar refractivity (Wildman–Crippen MR) is 116 cm³/mol. The van der Waals surface area contributed by atoms with Gasteiger partial charge in [-0.2, -0.15) is 5.10 Å². The number of benzene rings is 2. The number of carbonyl (C=O) groups is 2. The number of carbonyl (C=O) groups excluding carboxylic acids is 2. The molecule has 0 saturated heterocycles. The molecule has 0 atom stereocenters. The summed E-state index contributed by atoms with van der Waals surface area (Å²) in [5.41, 5.74) is 2.50. The number of aromatic amines is 1. The molecule has 7 nitrogen and oxygen atoms in total. The van der Waals surface area contributed by atoms with Crippen LogP contribution < -0.4 is 16.2 Å². The van der Waals surface area contributed by atoms with Gasteiger partial charge in [0.1, 0.15) is 0 Å². The van der Waals surface area contributed by atoms with Gasteiger partial charge in [0.25, 0.3) is 11.5 Å². The Bertz CT molecular complexity index is 1030. The zero-order chi connectivity index (χ0) is 21.2. The number of anilines is 1. The molecule has 154 valence electrons. The molecule has 3 N–H and O–H groups in total. The molecule has 3 rings (SSSR count). The first-order valence-corrected chi connectivity index (χ1v) is 9.91. The first-order valence-electron chi connectivity index (χ1n) is 9.91. The number of H-pyrrole nitrogens is 1. The Kier molecular flexibility index (Phi) is 7.49. The molecule has 1 heterocycles. The van der Waals surface area contributed by atoms with Crippen LogP contribution >= 0.6 is 0 Å². The maximum Gasteiger partial charge on any atom is 0.264 e. The lowest BCUT2D eigenvalue weighted by molar-refractivity contribution is -0.116. The van der Waals surface area contributed by atoms with E-state index in [0.29, 0.717) is 29.9 Å². The average molecular weight is 404 g/mol. The fourth-order valence-corrected chi connectivity index (χ4v) is 2.97. The second-order valence-electron chi connectivity index (χ2n) is 6.87. The maximum absolute atomic E-state index is 12.2. The molecule has 0 aliphatic carbocycles. The average Bonchev–Trinajstić information content (AvgIpc) is 2.77. The number of hydrogen-bond donors (Lipinski definition) is 3. The summed E-state index contributed by atoms with van der Waals surface area (Å²) in [7, 11) is 0. The predicted octanol–water partition coefficient (Wildman–Crippen LogP) is 3.37. The van der Waals surface area contributed by atoms with E-state index in [-0.39, 0.29) is 17.4 Å². The molecule has 0 radical (unpaired) electrons. The molecule has 0 aliphatic rings. The Morgan fingerprint density at radius 2 is 1.73 bits per heavy atom. The van der Waals surface area contributed by atoms with Gasteiger partial charge in [0.15, 0.2) is 0 Å². The highest BCUT2D eigenvalue weighted by Gasteiger charge is 2.06. The summed E-state index contributed by atoms with van der Waals surface area (Å²) in [6.07, 6.45) is 2.82. The molecule has 0 spiro atoms. The monoisotopic (exact) mass is 404 g/mol. The molecule has 7 heteroatoms. The third-order valence-electron chi connectivity index (χ3n) is 4.52. The molecule has 3 aromatic rings. The topological polar surface area (TPSA) is 104 Å². The molecule has 30 heavy (non-hydrogen) atoms. The van der Waals surface area contributed by atoms with Crippen molar-refractivity contribution < 1.29 is 9.59 Å². The summed E-state index contributed by atoms with van der Waals surface area (Å²) < 4.78 is 0. The van der Waals surface area contributed by atoms with E-state index in [9.17, 15) is 14.4 Å². The van der Waals surface area contributed by atoms with Gasteiger partial charge in [-0.05, 0) is 43.2 Å². The highest BCUT2D eigenvalue weighted by molar-refractivity contribution is 5.94. The highest BCUT2D eigenvalue weighted by atomic mass is 16.2. The van der Waals surface area contributed by atoms with E-state index >= 15 is 0 Å². The van der Waals surface area contributed by atoms with Crippen molar-refractivity contribution in [2.24, 2.45) is 0 Å². The van der Waals surface area contributed by atoms with Gasteiger partial charge in [0.2, 0.25) is 5.91 Å². The summed E-state index contributed by atoms with van der Waals surface area (Å²) in [5, 5.41) is 12.2. The van der Waals surface area contributed by atoms with Gasteiger partial charge in [-0.25, -0.2) is 5.10 Å². The van der Waals surface area contributed by atoms with Crippen molar-refractivity contribution in [1.82, 2.24) is 15.5 Å². The highest BCUT2D eigenvalue weighted by Crippen LogP contribution is 2.20. The van der Waals surface area contributed by atoms with Crippen molar-refractivity contribution in [3.63, 3.8) is 0 Å². The first-order chi connectivity index (χ1) is 14.6. The molecule has 0 bridgehead atoms. The summed E-state index contributed by atoms with van der Waals surface area (Å²) in [4.78, 5) is 35.3. The van der Waals surface area contributed by atoms with Gasteiger partial charge in [-0.15, -0.1) is 0 Å². The number of amides is 2. The molecule has 0 fully saturated rings. The van der Waals surface area contributed by atoms with Crippen LogP contribution in [0.5, 0.6) is 0 Å². The van der Waals surface area contributed by atoms with Crippen molar-refractivity contribution in [1.29, 1.82) is 0 Å². The number of nitrogens with zero attached hydrogens (tertiary/aromatic N) is 1. The molecule has 2 aromatic carbocycles. The van der Waals surface area contributed by atoms with Gasteiger partial charge >= 0.3 is 0 Å². The van der Waals surface area contributed by atoms with Crippen molar-refractivity contribution in [2.45, 2.75) is 25.7 Å². The normalized spacial score (nSPS) is 10.4. The van der Waals surface area contributed by atoms with Crippen LogP contribution in [0.4, 0.5) is 5.69 Å². The number of rotatable bonds is 9. The minimum atomic E-state index is -0.261. The van der Waals surface area contributed by atoms with Crippen molar-refractivity contribution in [3.8, 4) is 11.3 Å². The van der Waals surface area contributed by atoms with Crippen LogP contribution in [-0.4, -0.2) is 28.6 Å². The van der Waals surface area contributed by atoms with Crippen LogP contribution in [0, 0.1) is 0 Å². The van der Waals surface area contributed by atoms with Crippen LogP contribution in [0.25, 0.3) is 11.3 Å². The van der Waals surface area contributed by atoms with Crippen molar-refractivity contribution in [2.75, 3.05) is 11.9 Å². The minimum Gasteiger partial charge on any atom is -0.352 e. The van der Waals surface area contributed by atoms with Gasteiger partial charge < -0.3 is 10.6 Å². The van der Waals surface area contributed by atoms with E-state index in [2.05, 4.69) is 20.8 Å². The van der Waals surface area contributed by atoms with Crippen molar-refractivity contribution >= 4 is 17.5 Å². The van der Waals surface area contributed by atoms with Crippen LogP contribution in [-0.2, 0) is 4.79 Å². The summed E-state index contributed by atoms with van der Waals surface area (Å²) in [6.45, 7) is 0.587. The summed E-state index contributed by atoms with van der Waals surface area (Å²) in [5.74, 6) is -0.139. The maximum atomic E-state index is 12.2. The molecule has 1 aromatic heterocycles. The first kappa shape index (κ1) is 21.0. The zero-order valence-corrected chi connectivity index (χ0v) is 16.6. The Morgan fingerprint density at radius 3 is 2.50 bits per heavy atom. The summed E-state index contributed by atoms with van der Waals surface area (Å²) >= 11 is 0. The number of unbranched alkanes of at least 4 members (excludes halogenated alkanes) is 2. The molecule has 0 aliphatic heterocycles. The van der Waals surface area contributed by atoms with Crippen molar-refractivity contribution in [3.05, 3.63) is 82.6 Å². The third-order valence-corrected chi connectivity index (χ3v) is 4.52. The van der Waals surface area contributed by atoms with E-state index < -0.39 is 0 Å². The van der Waals surface area contributed by atoms with Crippen LogP contribution in [0.1, 0.15) is 36.0 Å². The molecular formula is C23H24N4O3. The fraction of sp³-hybridized carbons (Fsp3) is 0.217. The number of nitrogens with one attached hydrogen (secondary N) is 3.